The maximum atomic E-state index is 13.6. The third-order valence-electron chi connectivity index (χ3n) is 6.33. The number of amides is 2. The van der Waals surface area contributed by atoms with Crippen LogP contribution in [0.2, 0.25) is 0 Å². The zero-order valence-corrected chi connectivity index (χ0v) is 20.8. The van der Waals surface area contributed by atoms with Crippen LogP contribution in [0.25, 0.3) is 0 Å². The average Bonchev–Trinajstić information content (AvgIpc) is 3.19. The summed E-state index contributed by atoms with van der Waals surface area (Å²) in [4.78, 5) is 33.5. The van der Waals surface area contributed by atoms with Crippen LogP contribution >= 0.6 is 0 Å². The number of hydrogen-bond acceptors (Lipinski definition) is 6. The molecule has 196 valence electrons. The van der Waals surface area contributed by atoms with Crippen molar-refractivity contribution in [1.82, 2.24) is 15.2 Å². The Bertz CT molecular complexity index is 897. The Morgan fingerprint density at radius 2 is 1.89 bits per heavy atom. The molecule has 0 unspecified atom stereocenters. The molecule has 1 N–H and O–H groups in total. The van der Waals surface area contributed by atoms with Gasteiger partial charge in [0.25, 0.3) is 0 Å². The van der Waals surface area contributed by atoms with Gasteiger partial charge < -0.3 is 24.6 Å². The number of aromatic nitrogens is 1. The van der Waals surface area contributed by atoms with E-state index in [-0.39, 0.29) is 24.4 Å². The highest BCUT2D eigenvalue weighted by Crippen LogP contribution is 2.41. The van der Waals surface area contributed by atoms with E-state index in [0.29, 0.717) is 52.0 Å². The minimum Gasteiger partial charge on any atom is -0.444 e. The number of hydrogen-bond donors (Lipinski definition) is 1. The number of rotatable bonds is 6. The van der Waals surface area contributed by atoms with E-state index in [0.717, 1.165) is 18.3 Å². The molecule has 2 aliphatic rings. The van der Waals surface area contributed by atoms with Gasteiger partial charge in [-0.25, -0.2) is 9.78 Å². The zero-order valence-electron chi connectivity index (χ0n) is 20.8. The zero-order chi connectivity index (χ0) is 25.9. The van der Waals surface area contributed by atoms with E-state index in [1.165, 1.54) is 0 Å². The Balaban J connectivity index is 1.64. The summed E-state index contributed by atoms with van der Waals surface area (Å²) in [7, 11) is 0. The van der Waals surface area contributed by atoms with Crippen molar-refractivity contribution in [2.75, 3.05) is 44.3 Å². The Labute approximate surface area is 204 Å². The molecular formula is C24H35F3N4O4. The predicted octanol–water partition coefficient (Wildman–Crippen LogP) is 3.85. The number of halogens is 3. The first-order valence-electron chi connectivity index (χ1n) is 12.0. The van der Waals surface area contributed by atoms with Crippen LogP contribution in [0.4, 0.5) is 23.8 Å². The van der Waals surface area contributed by atoms with Crippen molar-refractivity contribution < 1.29 is 32.2 Å². The molecule has 11 heteroatoms. The molecule has 0 aromatic carbocycles. The molecule has 8 nitrogen and oxygen atoms in total. The van der Waals surface area contributed by atoms with Crippen molar-refractivity contribution in [2.24, 2.45) is 5.41 Å². The van der Waals surface area contributed by atoms with Gasteiger partial charge in [0.2, 0.25) is 5.91 Å². The van der Waals surface area contributed by atoms with Crippen molar-refractivity contribution in [1.29, 1.82) is 0 Å². The number of nitrogens with zero attached hydrogens (tertiary/aromatic N) is 3. The van der Waals surface area contributed by atoms with E-state index in [9.17, 15) is 22.8 Å². The second-order valence-corrected chi connectivity index (χ2v) is 10.2. The van der Waals surface area contributed by atoms with Gasteiger partial charge >= 0.3 is 12.3 Å². The van der Waals surface area contributed by atoms with Gasteiger partial charge in [-0.3, -0.25) is 4.79 Å². The first kappa shape index (κ1) is 27.0. The maximum Gasteiger partial charge on any atom is 0.416 e. The second-order valence-electron chi connectivity index (χ2n) is 10.2. The second kappa shape index (κ2) is 10.6. The fraction of sp³-hybridized carbons (Fsp3) is 0.708. The summed E-state index contributed by atoms with van der Waals surface area (Å²) in [6, 6.07) is 1.78. The highest BCUT2D eigenvalue weighted by Gasteiger charge is 2.48. The first-order chi connectivity index (χ1) is 16.3. The normalized spacial score (nSPS) is 23.3. The van der Waals surface area contributed by atoms with Gasteiger partial charge in [0.1, 0.15) is 11.4 Å². The monoisotopic (exact) mass is 500 g/mol. The summed E-state index contributed by atoms with van der Waals surface area (Å²) in [5, 5.41) is 2.87. The molecule has 0 bridgehead atoms. The highest BCUT2D eigenvalue weighted by atomic mass is 19.4. The standard InChI is InChI=1S/C24H35F3N4O4/c1-5-34-16-23(8-6-18(15-23)29-21(33)35-22(2,3)4)20(32)31-12-10-30(11-13-31)19-14-17(7-9-28-19)24(25,26)27/h7,9,14,18H,5-6,8,10-13,15-16H2,1-4H3,(H,29,33)/t18-,23+/m1/s1. The first-order valence-corrected chi connectivity index (χ1v) is 12.0. The van der Waals surface area contributed by atoms with E-state index in [2.05, 4.69) is 10.3 Å². The fourth-order valence-electron chi connectivity index (χ4n) is 4.65. The van der Waals surface area contributed by atoms with Crippen molar-refractivity contribution in [2.45, 2.75) is 64.8 Å². The minimum absolute atomic E-state index is 0.0453. The number of ether oxygens (including phenoxy) is 2. The molecule has 2 atom stereocenters. The summed E-state index contributed by atoms with van der Waals surface area (Å²) >= 11 is 0. The molecule has 0 radical (unpaired) electrons. The molecule has 1 saturated carbocycles. The number of alkyl carbamates (subject to hydrolysis) is 1. The topological polar surface area (TPSA) is 84.0 Å². The van der Waals surface area contributed by atoms with Crippen LogP contribution in [0.3, 0.4) is 0 Å². The Kier molecular flexibility index (Phi) is 8.18. The van der Waals surface area contributed by atoms with E-state index in [1.807, 2.05) is 6.92 Å². The van der Waals surface area contributed by atoms with Gasteiger partial charge in [0.15, 0.2) is 0 Å². The van der Waals surface area contributed by atoms with Crippen molar-refractivity contribution in [3.8, 4) is 0 Å². The highest BCUT2D eigenvalue weighted by molar-refractivity contribution is 5.84. The number of anilines is 1. The number of nitrogens with one attached hydrogen (secondary N) is 1. The lowest BCUT2D eigenvalue weighted by atomic mass is 9.84. The third kappa shape index (κ3) is 6.99. The molecule has 0 spiro atoms. The van der Waals surface area contributed by atoms with Crippen LogP contribution in [0, 0.1) is 5.41 Å². The minimum atomic E-state index is -4.44. The number of carbonyl (C=O) groups excluding carboxylic acids is 2. The lowest BCUT2D eigenvalue weighted by molar-refractivity contribution is -0.146. The molecular weight excluding hydrogens is 465 g/mol. The van der Waals surface area contributed by atoms with Crippen LogP contribution in [0.5, 0.6) is 0 Å². The number of carbonyl (C=O) groups is 2. The maximum absolute atomic E-state index is 13.6. The average molecular weight is 501 g/mol. The summed E-state index contributed by atoms with van der Waals surface area (Å²) in [5.74, 6) is 0.203. The summed E-state index contributed by atoms with van der Waals surface area (Å²) < 4.78 is 50.2. The van der Waals surface area contributed by atoms with Gasteiger partial charge in [-0.15, -0.1) is 0 Å². The van der Waals surface area contributed by atoms with Gasteiger partial charge in [0.05, 0.1) is 17.6 Å². The number of alkyl halides is 3. The SMILES string of the molecule is CCOC[C@]1(C(=O)N2CCN(c3cc(C(F)(F)F)ccn3)CC2)CC[C@@H](NC(=O)OC(C)(C)C)C1. The molecule has 1 aromatic heterocycles. The lowest BCUT2D eigenvalue weighted by Crippen LogP contribution is -2.54. The summed E-state index contributed by atoms with van der Waals surface area (Å²) in [6.07, 6.45) is -2.14. The molecule has 1 aliphatic carbocycles. The summed E-state index contributed by atoms with van der Waals surface area (Å²) in [5.41, 5.74) is -2.12. The Morgan fingerprint density at radius 1 is 1.20 bits per heavy atom. The molecule has 2 amide bonds. The van der Waals surface area contributed by atoms with Crippen LogP contribution < -0.4 is 10.2 Å². The molecule has 35 heavy (non-hydrogen) atoms. The third-order valence-corrected chi connectivity index (χ3v) is 6.33. The summed E-state index contributed by atoms with van der Waals surface area (Å²) in [6.45, 7) is 9.46. The molecule has 2 heterocycles. The molecule has 1 aromatic rings. The van der Waals surface area contributed by atoms with Crippen LogP contribution in [-0.4, -0.2) is 72.9 Å². The van der Waals surface area contributed by atoms with Crippen molar-refractivity contribution >= 4 is 17.8 Å². The van der Waals surface area contributed by atoms with Crippen LogP contribution in [0.1, 0.15) is 52.5 Å². The van der Waals surface area contributed by atoms with Gasteiger partial charge in [-0.1, -0.05) is 0 Å². The number of piperazine rings is 1. The quantitative estimate of drug-likeness (QED) is 0.639. The lowest BCUT2D eigenvalue weighted by Gasteiger charge is -2.40. The number of pyridine rings is 1. The smallest absolute Gasteiger partial charge is 0.416 e. The van der Waals surface area contributed by atoms with Gasteiger partial charge in [-0.05, 0) is 59.1 Å². The van der Waals surface area contributed by atoms with Crippen LogP contribution in [-0.2, 0) is 20.4 Å². The van der Waals surface area contributed by atoms with E-state index in [1.54, 1.807) is 30.6 Å². The molecule has 3 rings (SSSR count). The van der Waals surface area contributed by atoms with Crippen LogP contribution in [0.15, 0.2) is 18.3 Å². The van der Waals surface area contributed by atoms with Gasteiger partial charge in [-0.2, -0.15) is 13.2 Å². The van der Waals surface area contributed by atoms with Crippen molar-refractivity contribution in [3.63, 3.8) is 0 Å². The van der Waals surface area contributed by atoms with Gasteiger partial charge in [0, 0.05) is 45.0 Å². The molecule has 2 fully saturated rings. The predicted molar refractivity (Wildman–Crippen MR) is 124 cm³/mol. The van der Waals surface area contributed by atoms with Crippen molar-refractivity contribution in [3.05, 3.63) is 23.9 Å². The Hall–Kier alpha value is -2.56. The largest absolute Gasteiger partial charge is 0.444 e. The van der Waals surface area contributed by atoms with E-state index in [4.69, 9.17) is 9.47 Å². The Morgan fingerprint density at radius 3 is 2.49 bits per heavy atom. The fourth-order valence-corrected chi connectivity index (χ4v) is 4.65. The van der Waals surface area contributed by atoms with E-state index >= 15 is 0 Å². The molecule has 1 saturated heterocycles. The molecule has 1 aliphatic heterocycles. The van der Waals surface area contributed by atoms with E-state index < -0.39 is 28.8 Å².